The van der Waals surface area contributed by atoms with E-state index in [1.54, 1.807) is 24.8 Å². The Bertz CT molecular complexity index is 706. The molecule has 8 nitrogen and oxygen atoms in total. The first-order valence-electron chi connectivity index (χ1n) is 7.27. The largest absolute Gasteiger partial charge is 0.467 e. The van der Waals surface area contributed by atoms with Gasteiger partial charge in [-0.2, -0.15) is 5.10 Å². The zero-order chi connectivity index (χ0) is 16.1. The predicted molar refractivity (Wildman–Crippen MR) is 84.6 cm³/mol. The second kappa shape index (κ2) is 7.01. The number of aromatic amines is 1. The SMILES string of the molecule is COc1ncc(N=C(C2=C(N)CCOCC2)c2cn[nH]c2)cn1. The van der Waals surface area contributed by atoms with E-state index in [2.05, 4.69) is 25.2 Å². The van der Waals surface area contributed by atoms with Gasteiger partial charge < -0.3 is 15.2 Å². The molecule has 1 aliphatic rings. The maximum absolute atomic E-state index is 6.22. The molecule has 0 atom stereocenters. The molecule has 0 saturated heterocycles. The first-order chi connectivity index (χ1) is 11.3. The maximum atomic E-state index is 6.22. The Morgan fingerprint density at radius 1 is 1.26 bits per heavy atom. The van der Waals surface area contributed by atoms with Gasteiger partial charge >= 0.3 is 6.01 Å². The summed E-state index contributed by atoms with van der Waals surface area (Å²) in [6.45, 7) is 1.24. The molecule has 8 heteroatoms. The van der Waals surface area contributed by atoms with Crippen LogP contribution in [0.25, 0.3) is 0 Å². The van der Waals surface area contributed by atoms with Gasteiger partial charge in [0.25, 0.3) is 0 Å². The zero-order valence-corrected chi connectivity index (χ0v) is 12.8. The quantitative estimate of drug-likeness (QED) is 0.824. The van der Waals surface area contributed by atoms with Crippen LogP contribution in [-0.4, -0.2) is 46.2 Å². The van der Waals surface area contributed by atoms with Crippen LogP contribution in [0.1, 0.15) is 18.4 Å². The summed E-state index contributed by atoms with van der Waals surface area (Å²) in [5.74, 6) is 0. The fraction of sp³-hybridized carbons (Fsp3) is 0.333. The highest BCUT2D eigenvalue weighted by atomic mass is 16.5. The van der Waals surface area contributed by atoms with E-state index in [4.69, 9.17) is 15.2 Å². The number of nitrogens with zero attached hydrogens (tertiary/aromatic N) is 4. The van der Waals surface area contributed by atoms with Crippen molar-refractivity contribution in [2.75, 3.05) is 20.3 Å². The molecule has 3 heterocycles. The molecular formula is C15H18N6O2. The lowest BCUT2D eigenvalue weighted by Crippen LogP contribution is -2.12. The minimum Gasteiger partial charge on any atom is -0.467 e. The van der Waals surface area contributed by atoms with Crippen LogP contribution in [0.4, 0.5) is 5.69 Å². The van der Waals surface area contributed by atoms with Gasteiger partial charge in [0, 0.05) is 23.9 Å². The molecule has 3 rings (SSSR count). The Hall–Kier alpha value is -2.74. The van der Waals surface area contributed by atoms with Gasteiger partial charge in [0.2, 0.25) is 0 Å². The predicted octanol–water partition coefficient (Wildman–Crippen LogP) is 1.35. The number of methoxy groups -OCH3 is 1. The van der Waals surface area contributed by atoms with Gasteiger partial charge in [0.15, 0.2) is 0 Å². The highest BCUT2D eigenvalue weighted by Crippen LogP contribution is 2.22. The van der Waals surface area contributed by atoms with E-state index < -0.39 is 0 Å². The van der Waals surface area contributed by atoms with E-state index in [-0.39, 0.29) is 0 Å². The lowest BCUT2D eigenvalue weighted by atomic mass is 9.99. The molecule has 2 aromatic rings. The van der Waals surface area contributed by atoms with Crippen molar-refractivity contribution >= 4 is 11.4 Å². The van der Waals surface area contributed by atoms with E-state index in [1.807, 2.05) is 0 Å². The number of aliphatic imine (C=N–C) groups is 1. The second-order valence-electron chi connectivity index (χ2n) is 4.99. The molecule has 23 heavy (non-hydrogen) atoms. The average Bonchev–Trinajstić information content (AvgIpc) is 3.03. The van der Waals surface area contributed by atoms with E-state index in [0.29, 0.717) is 37.8 Å². The fourth-order valence-corrected chi connectivity index (χ4v) is 2.33. The van der Waals surface area contributed by atoms with Gasteiger partial charge in [0.1, 0.15) is 5.69 Å². The molecule has 0 radical (unpaired) electrons. The fourth-order valence-electron chi connectivity index (χ4n) is 2.33. The number of nitrogens with one attached hydrogen (secondary N) is 1. The third-order valence-corrected chi connectivity index (χ3v) is 3.50. The Morgan fingerprint density at radius 2 is 2.04 bits per heavy atom. The molecule has 0 aromatic carbocycles. The van der Waals surface area contributed by atoms with Crippen molar-refractivity contribution in [3.8, 4) is 6.01 Å². The smallest absolute Gasteiger partial charge is 0.316 e. The van der Waals surface area contributed by atoms with E-state index >= 15 is 0 Å². The molecule has 120 valence electrons. The van der Waals surface area contributed by atoms with Crippen molar-refractivity contribution < 1.29 is 9.47 Å². The van der Waals surface area contributed by atoms with Crippen molar-refractivity contribution in [1.82, 2.24) is 20.2 Å². The van der Waals surface area contributed by atoms with Crippen molar-refractivity contribution in [1.29, 1.82) is 0 Å². The second-order valence-corrected chi connectivity index (χ2v) is 4.99. The third kappa shape index (κ3) is 3.54. The maximum Gasteiger partial charge on any atom is 0.316 e. The zero-order valence-electron chi connectivity index (χ0n) is 12.8. The number of ether oxygens (including phenoxy) is 2. The molecule has 3 N–H and O–H groups in total. The van der Waals surface area contributed by atoms with Gasteiger partial charge in [-0.15, -0.1) is 0 Å². The summed E-state index contributed by atoms with van der Waals surface area (Å²) < 4.78 is 10.5. The van der Waals surface area contributed by atoms with E-state index in [1.165, 1.54) is 7.11 Å². The molecule has 0 amide bonds. The summed E-state index contributed by atoms with van der Waals surface area (Å²) in [4.78, 5) is 12.8. The molecule has 0 bridgehead atoms. The normalized spacial score (nSPS) is 16.3. The lowest BCUT2D eigenvalue weighted by Gasteiger charge is -2.11. The van der Waals surface area contributed by atoms with E-state index in [0.717, 1.165) is 22.5 Å². The summed E-state index contributed by atoms with van der Waals surface area (Å²) >= 11 is 0. The minimum atomic E-state index is 0.301. The first-order valence-corrected chi connectivity index (χ1v) is 7.27. The molecule has 0 fully saturated rings. The van der Waals surface area contributed by atoms with Crippen molar-refractivity contribution in [2.45, 2.75) is 12.8 Å². The van der Waals surface area contributed by atoms with Crippen LogP contribution in [0.2, 0.25) is 0 Å². The Labute approximate surface area is 133 Å². The standard InChI is InChI=1S/C15H18N6O2/c1-22-15-17-8-11(9-18-15)21-14(10-6-19-20-7-10)12-2-4-23-5-3-13(12)16/h6-9H,2-5,16H2,1H3,(H,19,20). The summed E-state index contributed by atoms with van der Waals surface area (Å²) in [5, 5.41) is 6.81. The van der Waals surface area contributed by atoms with Gasteiger partial charge in [-0.25, -0.2) is 15.0 Å². The van der Waals surface area contributed by atoms with Gasteiger partial charge in [0.05, 0.1) is 44.6 Å². The summed E-state index contributed by atoms with van der Waals surface area (Å²) in [7, 11) is 1.52. The van der Waals surface area contributed by atoms with Crippen LogP contribution in [0.3, 0.4) is 0 Å². The molecule has 0 spiro atoms. The molecule has 2 aromatic heterocycles. The number of rotatable bonds is 4. The number of hydrogen-bond acceptors (Lipinski definition) is 7. The van der Waals surface area contributed by atoms with Crippen LogP contribution in [0.15, 0.2) is 41.0 Å². The number of nitrogens with two attached hydrogens (primary N) is 1. The average molecular weight is 314 g/mol. The van der Waals surface area contributed by atoms with Gasteiger partial charge in [-0.05, 0) is 12.0 Å². The minimum absolute atomic E-state index is 0.301. The van der Waals surface area contributed by atoms with Crippen molar-refractivity contribution in [2.24, 2.45) is 10.7 Å². The van der Waals surface area contributed by atoms with Crippen LogP contribution in [-0.2, 0) is 4.74 Å². The third-order valence-electron chi connectivity index (χ3n) is 3.50. The van der Waals surface area contributed by atoms with Crippen molar-refractivity contribution in [3.63, 3.8) is 0 Å². The Kier molecular flexibility index (Phi) is 4.62. The number of aromatic nitrogens is 4. The first kappa shape index (κ1) is 15.2. The van der Waals surface area contributed by atoms with Crippen LogP contribution in [0.5, 0.6) is 6.01 Å². The molecule has 0 unspecified atom stereocenters. The molecule has 1 aliphatic heterocycles. The Morgan fingerprint density at radius 3 is 2.74 bits per heavy atom. The van der Waals surface area contributed by atoms with Gasteiger partial charge in [-0.3, -0.25) is 5.10 Å². The number of hydrogen-bond donors (Lipinski definition) is 2. The Balaban J connectivity index is 2.03. The van der Waals surface area contributed by atoms with Crippen LogP contribution >= 0.6 is 0 Å². The monoisotopic (exact) mass is 314 g/mol. The van der Waals surface area contributed by atoms with E-state index in [9.17, 15) is 0 Å². The number of H-pyrrole nitrogens is 1. The van der Waals surface area contributed by atoms with Crippen LogP contribution in [0, 0.1) is 0 Å². The summed E-state index contributed by atoms with van der Waals surface area (Å²) in [5.41, 5.74) is 10.2. The molecular weight excluding hydrogens is 296 g/mol. The topological polar surface area (TPSA) is 111 Å². The summed E-state index contributed by atoms with van der Waals surface area (Å²) in [6, 6.07) is 0.301. The highest BCUT2D eigenvalue weighted by molar-refractivity contribution is 6.13. The molecule has 0 aliphatic carbocycles. The lowest BCUT2D eigenvalue weighted by molar-refractivity contribution is 0.146. The highest BCUT2D eigenvalue weighted by Gasteiger charge is 2.17. The molecule has 0 saturated carbocycles. The van der Waals surface area contributed by atoms with Crippen molar-refractivity contribution in [3.05, 3.63) is 41.6 Å². The van der Waals surface area contributed by atoms with Gasteiger partial charge in [-0.1, -0.05) is 0 Å². The summed E-state index contributed by atoms with van der Waals surface area (Å²) in [6.07, 6.45) is 8.11. The van der Waals surface area contributed by atoms with Crippen LogP contribution < -0.4 is 10.5 Å².